The minimum absolute atomic E-state index is 0.0276. The Morgan fingerprint density at radius 2 is 2.06 bits per heavy atom. The summed E-state index contributed by atoms with van der Waals surface area (Å²) in [4.78, 5) is 18.3. The van der Waals surface area contributed by atoms with Crippen LogP contribution < -0.4 is 10.3 Å². The summed E-state index contributed by atoms with van der Waals surface area (Å²) in [7, 11) is 0. The van der Waals surface area contributed by atoms with Crippen molar-refractivity contribution in [3.8, 4) is 17.1 Å². The van der Waals surface area contributed by atoms with Gasteiger partial charge in [0, 0.05) is 22.1 Å². The molecular weight excluding hydrogens is 408 g/mol. The predicted octanol–water partition coefficient (Wildman–Crippen LogP) is 3.22. The first-order valence-electron chi connectivity index (χ1n) is 11.2. The van der Waals surface area contributed by atoms with E-state index in [1.54, 1.807) is 11.5 Å². The predicted molar refractivity (Wildman–Crippen MR) is 121 cm³/mol. The van der Waals surface area contributed by atoms with Gasteiger partial charge in [-0.05, 0) is 56.5 Å². The van der Waals surface area contributed by atoms with Crippen molar-refractivity contribution >= 4 is 10.9 Å². The third-order valence-electron chi connectivity index (χ3n) is 6.66. The van der Waals surface area contributed by atoms with Crippen LogP contribution in [0.15, 0.2) is 29.1 Å². The van der Waals surface area contributed by atoms with Gasteiger partial charge >= 0.3 is 0 Å². The molecule has 2 aliphatic rings. The van der Waals surface area contributed by atoms with Crippen LogP contribution in [0.5, 0.6) is 5.75 Å². The molecule has 0 bridgehead atoms. The Morgan fingerprint density at radius 1 is 1.28 bits per heavy atom. The minimum Gasteiger partial charge on any atom is -0.491 e. The largest absolute Gasteiger partial charge is 0.491 e. The lowest BCUT2D eigenvalue weighted by Crippen LogP contribution is -2.47. The Kier molecular flexibility index (Phi) is 4.89. The van der Waals surface area contributed by atoms with Gasteiger partial charge in [-0.15, -0.1) is 0 Å². The Morgan fingerprint density at radius 3 is 2.75 bits per heavy atom. The molecule has 5 rings (SSSR count). The maximum Gasteiger partial charge on any atom is 0.257 e. The average Bonchev–Trinajstić information content (AvgIpc) is 3.13. The number of rotatable bonds is 4. The number of aliphatic hydroxyl groups is 2. The van der Waals surface area contributed by atoms with E-state index in [1.165, 1.54) is 0 Å². The van der Waals surface area contributed by atoms with Gasteiger partial charge in [-0.3, -0.25) is 4.79 Å². The second-order valence-electron chi connectivity index (χ2n) is 8.87. The summed E-state index contributed by atoms with van der Waals surface area (Å²) in [5, 5.41) is 22.5. The Bertz CT molecular complexity index is 1300. The van der Waals surface area contributed by atoms with Crippen LogP contribution in [-0.2, 0) is 29.9 Å². The van der Waals surface area contributed by atoms with E-state index in [2.05, 4.69) is 6.92 Å². The molecule has 1 aromatic carbocycles. The molecule has 2 aliphatic heterocycles. The highest BCUT2D eigenvalue weighted by atomic mass is 16.6. The molecule has 7 nitrogen and oxygen atoms in total. The molecule has 2 aromatic heterocycles. The Labute approximate surface area is 186 Å². The van der Waals surface area contributed by atoms with Gasteiger partial charge in [0.05, 0.1) is 36.2 Å². The molecule has 168 valence electrons. The number of aromatic nitrogens is 2. The number of benzene rings is 1. The SMILES string of the molecule is CCc1c2c(nc3ccc(OC(C)C)cc13)-c1cc3c(c(=O)n1C2)COC(O)[C@]3(O)CC. The number of ether oxygens (including phenoxy) is 2. The van der Waals surface area contributed by atoms with Crippen molar-refractivity contribution in [2.45, 2.75) is 71.7 Å². The maximum absolute atomic E-state index is 13.4. The van der Waals surface area contributed by atoms with Gasteiger partial charge < -0.3 is 24.3 Å². The molecule has 0 aliphatic carbocycles. The summed E-state index contributed by atoms with van der Waals surface area (Å²) < 4.78 is 12.9. The molecule has 2 atom stereocenters. The molecule has 0 fully saturated rings. The highest BCUT2D eigenvalue weighted by molar-refractivity contribution is 5.89. The van der Waals surface area contributed by atoms with E-state index in [1.807, 2.05) is 38.1 Å². The van der Waals surface area contributed by atoms with E-state index in [-0.39, 0.29) is 24.7 Å². The molecule has 0 saturated heterocycles. The molecule has 1 unspecified atom stereocenters. The van der Waals surface area contributed by atoms with Crippen LogP contribution in [0.3, 0.4) is 0 Å². The topological polar surface area (TPSA) is 93.8 Å². The highest BCUT2D eigenvalue weighted by Gasteiger charge is 2.44. The zero-order valence-corrected chi connectivity index (χ0v) is 18.8. The molecule has 0 spiro atoms. The third kappa shape index (κ3) is 2.92. The minimum atomic E-state index is -1.63. The zero-order chi connectivity index (χ0) is 22.8. The summed E-state index contributed by atoms with van der Waals surface area (Å²) in [5.41, 5.74) is 3.42. The number of aryl methyl sites for hydroxylation is 1. The number of hydrogen-bond acceptors (Lipinski definition) is 6. The second-order valence-corrected chi connectivity index (χ2v) is 8.87. The second kappa shape index (κ2) is 7.40. The van der Waals surface area contributed by atoms with E-state index in [0.29, 0.717) is 23.4 Å². The fraction of sp³-hybridized carbons (Fsp3) is 0.440. The average molecular weight is 437 g/mol. The van der Waals surface area contributed by atoms with E-state index in [0.717, 1.165) is 39.9 Å². The zero-order valence-electron chi connectivity index (χ0n) is 18.8. The van der Waals surface area contributed by atoms with Gasteiger partial charge in [0.25, 0.3) is 5.56 Å². The molecule has 0 amide bonds. The molecule has 32 heavy (non-hydrogen) atoms. The maximum atomic E-state index is 13.4. The Balaban J connectivity index is 1.75. The van der Waals surface area contributed by atoms with Crippen molar-refractivity contribution in [2.75, 3.05) is 0 Å². The van der Waals surface area contributed by atoms with E-state index in [9.17, 15) is 15.0 Å². The summed E-state index contributed by atoms with van der Waals surface area (Å²) >= 11 is 0. The normalized spacial score (nSPS) is 21.5. The fourth-order valence-electron chi connectivity index (χ4n) is 5.00. The first-order valence-corrected chi connectivity index (χ1v) is 11.2. The van der Waals surface area contributed by atoms with Crippen molar-refractivity contribution < 1.29 is 19.7 Å². The number of nitrogens with zero attached hydrogens (tertiary/aromatic N) is 2. The monoisotopic (exact) mass is 436 g/mol. The number of pyridine rings is 2. The molecule has 0 radical (unpaired) electrons. The summed E-state index contributed by atoms with van der Waals surface area (Å²) in [6.45, 7) is 8.25. The van der Waals surface area contributed by atoms with Crippen molar-refractivity contribution in [1.29, 1.82) is 0 Å². The van der Waals surface area contributed by atoms with Crippen molar-refractivity contribution in [1.82, 2.24) is 9.55 Å². The van der Waals surface area contributed by atoms with Gasteiger partial charge in [0.15, 0.2) is 6.29 Å². The molecule has 4 heterocycles. The van der Waals surface area contributed by atoms with Gasteiger partial charge in [-0.2, -0.15) is 0 Å². The highest BCUT2D eigenvalue weighted by Crippen LogP contribution is 2.41. The van der Waals surface area contributed by atoms with Gasteiger partial charge in [-0.1, -0.05) is 13.8 Å². The summed E-state index contributed by atoms with van der Waals surface area (Å²) in [6, 6.07) is 7.70. The van der Waals surface area contributed by atoms with Crippen LogP contribution in [0, 0.1) is 0 Å². The molecule has 3 aromatic rings. The molecule has 7 heteroatoms. The van der Waals surface area contributed by atoms with Crippen LogP contribution in [0.4, 0.5) is 0 Å². The van der Waals surface area contributed by atoms with Gasteiger partial charge in [-0.25, -0.2) is 4.98 Å². The first kappa shape index (κ1) is 21.1. The van der Waals surface area contributed by atoms with Gasteiger partial charge in [0.1, 0.15) is 11.4 Å². The lowest BCUT2D eigenvalue weighted by Gasteiger charge is -2.37. The standard InChI is InChI=1S/C25H28N2O5/c1-5-15-16-9-14(32-13(3)4)7-8-20(16)26-22-17(15)11-27-21(22)10-19-18(23(27)28)12-31-24(29)25(19,30)6-2/h7-10,13,24,29-30H,5-6,11-12H2,1-4H3/t24?,25-/m0/s1. The van der Waals surface area contributed by atoms with E-state index < -0.39 is 11.9 Å². The van der Waals surface area contributed by atoms with Crippen LogP contribution >= 0.6 is 0 Å². The number of fused-ring (bicyclic) bond motifs is 5. The van der Waals surface area contributed by atoms with Crippen LogP contribution in [0.2, 0.25) is 0 Å². The molecule has 2 N–H and O–H groups in total. The number of aliphatic hydroxyl groups excluding tert-OH is 1. The van der Waals surface area contributed by atoms with Crippen LogP contribution in [0.25, 0.3) is 22.3 Å². The summed E-state index contributed by atoms with van der Waals surface area (Å²) in [5.74, 6) is 0.797. The molecule has 0 saturated carbocycles. The van der Waals surface area contributed by atoms with Crippen LogP contribution in [-0.4, -0.2) is 32.2 Å². The lowest BCUT2D eigenvalue weighted by atomic mass is 9.85. The quantitative estimate of drug-likeness (QED) is 0.510. The smallest absolute Gasteiger partial charge is 0.257 e. The van der Waals surface area contributed by atoms with Crippen molar-refractivity contribution in [3.63, 3.8) is 0 Å². The van der Waals surface area contributed by atoms with E-state index in [4.69, 9.17) is 14.5 Å². The third-order valence-corrected chi connectivity index (χ3v) is 6.66. The van der Waals surface area contributed by atoms with E-state index >= 15 is 0 Å². The first-order chi connectivity index (χ1) is 15.3. The lowest BCUT2D eigenvalue weighted by molar-refractivity contribution is -0.236. The Hall–Kier alpha value is -2.74. The van der Waals surface area contributed by atoms with Crippen LogP contribution in [0.1, 0.15) is 56.4 Å². The van der Waals surface area contributed by atoms with Crippen molar-refractivity contribution in [3.05, 3.63) is 56.9 Å². The fourth-order valence-corrected chi connectivity index (χ4v) is 5.00. The number of hydrogen-bond donors (Lipinski definition) is 2. The summed E-state index contributed by atoms with van der Waals surface area (Å²) in [6.07, 6.45) is -0.293. The molecular formula is C25H28N2O5. The van der Waals surface area contributed by atoms with Crippen molar-refractivity contribution in [2.24, 2.45) is 0 Å². The van der Waals surface area contributed by atoms with Gasteiger partial charge in [0.2, 0.25) is 0 Å².